The zero-order valence-corrected chi connectivity index (χ0v) is 16.1. The Hall–Kier alpha value is -3.26. The zero-order chi connectivity index (χ0) is 19.8. The summed E-state index contributed by atoms with van der Waals surface area (Å²) in [5.74, 6) is -0.365. The molecule has 2 amide bonds. The van der Waals surface area contributed by atoms with Crippen LogP contribution in [0.1, 0.15) is 0 Å². The lowest BCUT2D eigenvalue weighted by Crippen LogP contribution is -2.36. The minimum Gasteiger partial charge on any atom is -0.495 e. The molecule has 0 saturated heterocycles. The molecule has 1 aromatic heterocycles. The van der Waals surface area contributed by atoms with Crippen LogP contribution in [-0.2, 0) is 9.59 Å². The normalized spacial score (nSPS) is 10.3. The minimum atomic E-state index is -0.737. The van der Waals surface area contributed by atoms with Crippen LogP contribution in [0.5, 0.6) is 5.75 Å². The van der Waals surface area contributed by atoms with Crippen LogP contribution in [0.3, 0.4) is 0 Å². The Morgan fingerprint density at radius 3 is 2.61 bits per heavy atom. The lowest BCUT2D eigenvalue weighted by atomic mass is 10.2. The van der Waals surface area contributed by atoms with E-state index in [4.69, 9.17) is 4.74 Å². The summed E-state index contributed by atoms with van der Waals surface area (Å²) < 4.78 is 5.15. The molecule has 0 unspecified atom stereocenters. The van der Waals surface area contributed by atoms with Crippen molar-refractivity contribution in [3.05, 3.63) is 60.8 Å². The number of aromatic nitrogens is 2. The van der Waals surface area contributed by atoms with E-state index in [1.165, 1.54) is 18.9 Å². The van der Waals surface area contributed by atoms with Crippen LogP contribution < -0.4 is 15.4 Å². The largest absolute Gasteiger partial charge is 0.495 e. The number of anilines is 1. The number of aromatic amines is 1. The molecule has 0 aliphatic rings. The van der Waals surface area contributed by atoms with Crippen molar-refractivity contribution in [1.29, 1.82) is 0 Å². The monoisotopic (exact) mass is 396 g/mol. The second-order valence-electron chi connectivity index (χ2n) is 5.73. The number of carbonyl (C=O) groups is 2. The number of benzene rings is 2. The predicted octanol–water partition coefficient (Wildman–Crippen LogP) is 2.93. The number of para-hydroxylation sites is 2. The van der Waals surface area contributed by atoms with Gasteiger partial charge in [-0.3, -0.25) is 9.59 Å². The summed E-state index contributed by atoms with van der Waals surface area (Å²) in [6.45, 7) is 0.338. The summed E-state index contributed by atoms with van der Waals surface area (Å²) in [7, 11) is 1.50. The number of thioether (sulfide) groups is 1. The molecule has 8 heteroatoms. The molecule has 0 saturated carbocycles. The third-order valence-electron chi connectivity index (χ3n) is 3.83. The van der Waals surface area contributed by atoms with Gasteiger partial charge in [0.05, 0.1) is 24.7 Å². The van der Waals surface area contributed by atoms with Crippen molar-refractivity contribution in [3.8, 4) is 17.0 Å². The molecule has 1 heterocycles. The zero-order valence-electron chi connectivity index (χ0n) is 15.3. The van der Waals surface area contributed by atoms with Gasteiger partial charge in [0.1, 0.15) is 5.75 Å². The molecular formula is C20H20N4O3S. The van der Waals surface area contributed by atoms with Gasteiger partial charge in [-0.15, -0.1) is 0 Å². The maximum absolute atomic E-state index is 12.0. The van der Waals surface area contributed by atoms with Crippen molar-refractivity contribution in [3.63, 3.8) is 0 Å². The third-order valence-corrected chi connectivity index (χ3v) is 4.71. The molecule has 0 spiro atoms. The first kappa shape index (κ1) is 19.5. The lowest BCUT2D eigenvalue weighted by Gasteiger charge is -2.09. The van der Waals surface area contributed by atoms with Crippen LogP contribution in [0.15, 0.2) is 66.0 Å². The van der Waals surface area contributed by atoms with Gasteiger partial charge >= 0.3 is 11.8 Å². The standard InChI is InChI=1S/C20H20N4O3S/c1-27-17-10-6-5-9-15(17)23-19(26)18(25)21-11-12-28-20-22-13-16(24-20)14-7-3-2-4-8-14/h2-10,13H,11-12H2,1H3,(H,21,25)(H,22,24)(H,23,26). The van der Waals surface area contributed by atoms with E-state index in [1.54, 1.807) is 30.5 Å². The number of carbonyl (C=O) groups excluding carboxylic acids is 2. The lowest BCUT2D eigenvalue weighted by molar-refractivity contribution is -0.136. The summed E-state index contributed by atoms with van der Waals surface area (Å²) in [5, 5.41) is 5.89. The fourth-order valence-corrected chi connectivity index (χ4v) is 3.17. The van der Waals surface area contributed by atoms with E-state index in [0.717, 1.165) is 16.4 Å². The van der Waals surface area contributed by atoms with Gasteiger partial charge in [0.25, 0.3) is 0 Å². The quantitative estimate of drug-likeness (QED) is 0.324. The summed E-state index contributed by atoms with van der Waals surface area (Å²) in [6, 6.07) is 16.8. The highest BCUT2D eigenvalue weighted by molar-refractivity contribution is 7.99. The summed E-state index contributed by atoms with van der Waals surface area (Å²) >= 11 is 1.47. The Morgan fingerprint density at radius 1 is 1.07 bits per heavy atom. The van der Waals surface area contributed by atoms with Gasteiger partial charge in [-0.05, 0) is 17.7 Å². The highest BCUT2D eigenvalue weighted by Crippen LogP contribution is 2.23. The van der Waals surface area contributed by atoms with Crippen LogP contribution in [0.2, 0.25) is 0 Å². The topological polar surface area (TPSA) is 96.1 Å². The molecule has 0 aliphatic carbocycles. The van der Waals surface area contributed by atoms with Gasteiger partial charge in [0.2, 0.25) is 0 Å². The molecule has 2 aromatic carbocycles. The molecular weight excluding hydrogens is 376 g/mol. The Kier molecular flexibility index (Phi) is 6.69. The second kappa shape index (κ2) is 9.61. The van der Waals surface area contributed by atoms with Gasteiger partial charge in [0, 0.05) is 12.3 Å². The van der Waals surface area contributed by atoms with Crippen molar-refractivity contribution < 1.29 is 14.3 Å². The molecule has 0 radical (unpaired) electrons. The van der Waals surface area contributed by atoms with Crippen molar-refractivity contribution in [2.75, 3.05) is 24.7 Å². The molecule has 28 heavy (non-hydrogen) atoms. The van der Waals surface area contributed by atoms with E-state index in [0.29, 0.717) is 23.7 Å². The predicted molar refractivity (Wildman–Crippen MR) is 109 cm³/mol. The molecule has 0 atom stereocenters. The SMILES string of the molecule is COc1ccccc1NC(=O)C(=O)NCCSc1ncc(-c2ccccc2)[nH]1. The van der Waals surface area contributed by atoms with E-state index < -0.39 is 11.8 Å². The number of nitrogens with one attached hydrogen (secondary N) is 3. The number of methoxy groups -OCH3 is 1. The average Bonchev–Trinajstić information content (AvgIpc) is 3.21. The molecule has 0 bridgehead atoms. The maximum atomic E-state index is 12.0. The highest BCUT2D eigenvalue weighted by Gasteiger charge is 2.15. The van der Waals surface area contributed by atoms with E-state index in [2.05, 4.69) is 20.6 Å². The van der Waals surface area contributed by atoms with Crippen LogP contribution in [0.25, 0.3) is 11.3 Å². The first-order valence-corrected chi connectivity index (χ1v) is 9.61. The van der Waals surface area contributed by atoms with E-state index in [-0.39, 0.29) is 0 Å². The van der Waals surface area contributed by atoms with Gasteiger partial charge in [-0.25, -0.2) is 4.98 Å². The Labute approximate surface area is 166 Å². The van der Waals surface area contributed by atoms with Crippen molar-refractivity contribution in [1.82, 2.24) is 15.3 Å². The molecule has 3 N–H and O–H groups in total. The number of amides is 2. The van der Waals surface area contributed by atoms with Crippen molar-refractivity contribution in [2.24, 2.45) is 0 Å². The number of H-pyrrole nitrogens is 1. The Balaban J connectivity index is 1.43. The number of imidazole rings is 1. The highest BCUT2D eigenvalue weighted by atomic mass is 32.2. The first-order valence-electron chi connectivity index (χ1n) is 8.63. The van der Waals surface area contributed by atoms with Crippen LogP contribution in [-0.4, -0.2) is 41.2 Å². The fourth-order valence-electron chi connectivity index (χ4n) is 2.46. The third kappa shape index (κ3) is 5.14. The molecule has 7 nitrogen and oxygen atoms in total. The van der Waals surface area contributed by atoms with Gasteiger partial charge in [-0.1, -0.05) is 54.2 Å². The number of nitrogens with zero attached hydrogens (tertiary/aromatic N) is 1. The summed E-state index contributed by atoms with van der Waals surface area (Å²) in [5.41, 5.74) is 2.44. The minimum absolute atomic E-state index is 0.338. The van der Waals surface area contributed by atoms with E-state index >= 15 is 0 Å². The smallest absolute Gasteiger partial charge is 0.313 e. The van der Waals surface area contributed by atoms with Crippen molar-refractivity contribution in [2.45, 2.75) is 5.16 Å². The molecule has 0 aliphatic heterocycles. The molecule has 0 fully saturated rings. The van der Waals surface area contributed by atoms with E-state index in [9.17, 15) is 9.59 Å². The molecule has 3 aromatic rings. The summed E-state index contributed by atoms with van der Waals surface area (Å²) in [6.07, 6.45) is 1.77. The molecule has 144 valence electrons. The van der Waals surface area contributed by atoms with Crippen LogP contribution >= 0.6 is 11.8 Å². The number of hydrogen-bond donors (Lipinski definition) is 3. The Bertz CT molecular complexity index is 943. The maximum Gasteiger partial charge on any atom is 0.313 e. The van der Waals surface area contributed by atoms with Gasteiger partial charge < -0.3 is 20.4 Å². The van der Waals surface area contributed by atoms with Gasteiger partial charge in [-0.2, -0.15) is 0 Å². The number of hydrogen-bond acceptors (Lipinski definition) is 5. The Morgan fingerprint density at radius 2 is 1.82 bits per heavy atom. The summed E-state index contributed by atoms with van der Waals surface area (Å²) in [4.78, 5) is 31.5. The molecule has 3 rings (SSSR count). The van der Waals surface area contributed by atoms with Gasteiger partial charge in [0.15, 0.2) is 5.16 Å². The average molecular weight is 396 g/mol. The second-order valence-corrected chi connectivity index (χ2v) is 6.81. The number of ether oxygens (including phenoxy) is 1. The van der Waals surface area contributed by atoms with Crippen LogP contribution in [0, 0.1) is 0 Å². The van der Waals surface area contributed by atoms with Crippen LogP contribution in [0.4, 0.5) is 5.69 Å². The van der Waals surface area contributed by atoms with Crippen molar-refractivity contribution >= 4 is 29.3 Å². The number of rotatable bonds is 7. The first-order chi connectivity index (χ1) is 13.7. The van der Waals surface area contributed by atoms with E-state index in [1.807, 2.05) is 30.3 Å². The fraction of sp³-hybridized carbons (Fsp3) is 0.150.